The molecule has 0 aliphatic rings. The minimum absolute atomic E-state index is 0.228. The Morgan fingerprint density at radius 3 is 3.00 bits per heavy atom. The Morgan fingerprint density at radius 2 is 2.29 bits per heavy atom. The van der Waals surface area contributed by atoms with Crippen LogP contribution in [-0.2, 0) is 11.3 Å². The summed E-state index contributed by atoms with van der Waals surface area (Å²) < 4.78 is 6.50. The van der Waals surface area contributed by atoms with E-state index in [1.165, 1.54) is 16.0 Å². The molecule has 3 heterocycles. The molecule has 0 saturated carbocycles. The summed E-state index contributed by atoms with van der Waals surface area (Å²) in [4.78, 5) is 15.2. The zero-order valence-electron chi connectivity index (χ0n) is 11.0. The molecular formula is C12H10N6O2S. The normalized spacial score (nSPS) is 10.7. The van der Waals surface area contributed by atoms with Crippen molar-refractivity contribution in [2.45, 2.75) is 6.61 Å². The molecule has 0 aliphatic heterocycles. The van der Waals surface area contributed by atoms with Crippen LogP contribution in [-0.4, -0.2) is 43.6 Å². The van der Waals surface area contributed by atoms with E-state index in [2.05, 4.69) is 25.5 Å². The third-order valence-electron chi connectivity index (χ3n) is 2.65. The van der Waals surface area contributed by atoms with Crippen LogP contribution >= 0.6 is 11.3 Å². The smallest absolute Gasteiger partial charge is 0.234 e. The first kappa shape index (κ1) is 13.5. The standard InChI is InChI=1S/C12H10N6O2S/c1-20-7-10-15-16-12(21-10)18-11(9(6-19)14-17-18)8-3-2-4-13-5-8/h2-6H,7H2,1H3. The molecule has 0 unspecified atom stereocenters. The number of methoxy groups -OCH3 is 1. The van der Waals surface area contributed by atoms with Gasteiger partial charge >= 0.3 is 0 Å². The molecule has 0 bridgehead atoms. The fourth-order valence-corrected chi connectivity index (χ4v) is 2.56. The van der Waals surface area contributed by atoms with Gasteiger partial charge in [-0.3, -0.25) is 9.78 Å². The predicted molar refractivity (Wildman–Crippen MR) is 74.2 cm³/mol. The monoisotopic (exact) mass is 302 g/mol. The Balaban J connectivity index is 2.10. The molecule has 106 valence electrons. The Bertz CT molecular complexity index is 754. The van der Waals surface area contributed by atoms with E-state index in [0.29, 0.717) is 28.7 Å². The third-order valence-corrected chi connectivity index (χ3v) is 3.52. The van der Waals surface area contributed by atoms with E-state index < -0.39 is 0 Å². The highest BCUT2D eigenvalue weighted by Gasteiger charge is 2.18. The zero-order valence-corrected chi connectivity index (χ0v) is 11.8. The summed E-state index contributed by atoms with van der Waals surface area (Å²) in [5.74, 6) is 0. The summed E-state index contributed by atoms with van der Waals surface area (Å²) in [5, 5.41) is 17.1. The van der Waals surface area contributed by atoms with Crippen LogP contribution in [0.25, 0.3) is 16.4 Å². The largest absolute Gasteiger partial charge is 0.377 e. The molecule has 0 amide bonds. The second-order valence-corrected chi connectivity index (χ2v) is 5.05. The average molecular weight is 302 g/mol. The molecule has 9 heteroatoms. The van der Waals surface area contributed by atoms with Gasteiger partial charge < -0.3 is 4.74 Å². The SMILES string of the molecule is COCc1nnc(-n2nnc(C=O)c2-c2cccnc2)s1. The molecular weight excluding hydrogens is 292 g/mol. The van der Waals surface area contributed by atoms with Gasteiger partial charge in [0.25, 0.3) is 0 Å². The summed E-state index contributed by atoms with van der Waals surface area (Å²) in [7, 11) is 1.59. The van der Waals surface area contributed by atoms with E-state index >= 15 is 0 Å². The first-order valence-electron chi connectivity index (χ1n) is 5.96. The van der Waals surface area contributed by atoms with Crippen LogP contribution in [0.2, 0.25) is 0 Å². The molecule has 3 aromatic heterocycles. The van der Waals surface area contributed by atoms with Crippen molar-refractivity contribution in [3.05, 3.63) is 35.2 Å². The number of aromatic nitrogens is 6. The number of rotatable bonds is 5. The van der Waals surface area contributed by atoms with Gasteiger partial charge in [-0.2, -0.15) is 4.68 Å². The van der Waals surface area contributed by atoms with E-state index in [1.807, 2.05) is 6.07 Å². The Kier molecular flexibility index (Phi) is 3.75. The fraction of sp³-hybridized carbons (Fsp3) is 0.167. The first-order chi connectivity index (χ1) is 10.3. The van der Waals surface area contributed by atoms with Crippen molar-refractivity contribution in [3.8, 4) is 16.4 Å². The van der Waals surface area contributed by atoms with Gasteiger partial charge in [0.2, 0.25) is 5.13 Å². The van der Waals surface area contributed by atoms with E-state index in [9.17, 15) is 4.79 Å². The van der Waals surface area contributed by atoms with Gasteiger partial charge in [0.1, 0.15) is 17.3 Å². The van der Waals surface area contributed by atoms with Crippen molar-refractivity contribution in [3.63, 3.8) is 0 Å². The highest BCUT2D eigenvalue weighted by Crippen LogP contribution is 2.25. The van der Waals surface area contributed by atoms with Gasteiger partial charge in [-0.25, -0.2) is 0 Å². The van der Waals surface area contributed by atoms with Crippen LogP contribution in [0.4, 0.5) is 0 Å². The van der Waals surface area contributed by atoms with Crippen molar-refractivity contribution < 1.29 is 9.53 Å². The molecule has 0 N–H and O–H groups in total. The van der Waals surface area contributed by atoms with Crippen LogP contribution < -0.4 is 0 Å². The van der Waals surface area contributed by atoms with E-state index in [1.54, 1.807) is 25.6 Å². The van der Waals surface area contributed by atoms with E-state index in [-0.39, 0.29) is 5.69 Å². The molecule has 0 aliphatic carbocycles. The molecule has 21 heavy (non-hydrogen) atoms. The molecule has 0 saturated heterocycles. The molecule has 0 atom stereocenters. The summed E-state index contributed by atoms with van der Waals surface area (Å²) in [6.45, 7) is 0.370. The number of aldehydes is 1. The number of nitrogens with zero attached hydrogens (tertiary/aromatic N) is 6. The van der Waals surface area contributed by atoms with Crippen LogP contribution in [0.15, 0.2) is 24.5 Å². The summed E-state index contributed by atoms with van der Waals surface area (Å²) >= 11 is 1.32. The summed E-state index contributed by atoms with van der Waals surface area (Å²) in [6, 6.07) is 3.60. The van der Waals surface area contributed by atoms with Gasteiger partial charge in [-0.15, -0.1) is 15.3 Å². The lowest BCUT2D eigenvalue weighted by molar-refractivity contribution is 0.111. The molecule has 0 fully saturated rings. The van der Waals surface area contributed by atoms with Gasteiger partial charge in [-0.05, 0) is 12.1 Å². The number of hydrogen-bond acceptors (Lipinski definition) is 8. The van der Waals surface area contributed by atoms with Gasteiger partial charge in [-0.1, -0.05) is 16.6 Å². The maximum Gasteiger partial charge on any atom is 0.234 e. The molecule has 8 nitrogen and oxygen atoms in total. The Morgan fingerprint density at radius 1 is 1.38 bits per heavy atom. The number of carbonyl (C=O) groups is 1. The lowest BCUT2D eigenvalue weighted by atomic mass is 10.2. The maximum atomic E-state index is 11.2. The predicted octanol–water partition coefficient (Wildman–Crippen LogP) is 1.14. The lowest BCUT2D eigenvalue weighted by Crippen LogP contribution is -2.00. The quantitative estimate of drug-likeness (QED) is 0.652. The van der Waals surface area contributed by atoms with Crippen molar-refractivity contribution in [2.75, 3.05) is 7.11 Å². The average Bonchev–Trinajstić information content (AvgIpc) is 3.14. The number of carbonyl (C=O) groups excluding carboxylic acids is 1. The lowest BCUT2D eigenvalue weighted by Gasteiger charge is -2.02. The third kappa shape index (κ3) is 2.56. The van der Waals surface area contributed by atoms with Crippen LogP contribution in [0.3, 0.4) is 0 Å². The minimum atomic E-state index is 0.228. The van der Waals surface area contributed by atoms with Crippen molar-refractivity contribution in [1.82, 2.24) is 30.2 Å². The zero-order chi connectivity index (χ0) is 14.7. The molecule has 0 aromatic carbocycles. The minimum Gasteiger partial charge on any atom is -0.377 e. The van der Waals surface area contributed by atoms with Crippen LogP contribution in [0, 0.1) is 0 Å². The number of pyridine rings is 1. The van der Waals surface area contributed by atoms with Gasteiger partial charge in [0.15, 0.2) is 12.0 Å². The Labute approximate surface area is 123 Å². The topological polar surface area (TPSA) is 95.7 Å². The highest BCUT2D eigenvalue weighted by molar-refractivity contribution is 7.13. The second-order valence-electron chi connectivity index (χ2n) is 4.01. The summed E-state index contributed by atoms with van der Waals surface area (Å²) in [6.07, 6.45) is 3.95. The maximum absolute atomic E-state index is 11.2. The molecule has 3 aromatic rings. The van der Waals surface area contributed by atoms with E-state index in [4.69, 9.17) is 4.74 Å². The second kappa shape index (κ2) is 5.85. The van der Waals surface area contributed by atoms with Crippen molar-refractivity contribution in [1.29, 1.82) is 0 Å². The molecule has 0 radical (unpaired) electrons. The summed E-state index contributed by atoms with van der Waals surface area (Å²) in [5.41, 5.74) is 1.50. The van der Waals surface area contributed by atoms with Gasteiger partial charge in [0, 0.05) is 25.1 Å². The molecule has 3 rings (SSSR count). The van der Waals surface area contributed by atoms with Gasteiger partial charge in [0.05, 0.1) is 0 Å². The highest BCUT2D eigenvalue weighted by atomic mass is 32.1. The van der Waals surface area contributed by atoms with Crippen molar-refractivity contribution in [2.24, 2.45) is 0 Å². The van der Waals surface area contributed by atoms with Crippen LogP contribution in [0.1, 0.15) is 15.5 Å². The van der Waals surface area contributed by atoms with E-state index in [0.717, 1.165) is 5.56 Å². The van der Waals surface area contributed by atoms with Crippen molar-refractivity contribution >= 4 is 17.6 Å². The number of hydrogen-bond donors (Lipinski definition) is 0. The first-order valence-corrected chi connectivity index (χ1v) is 6.78. The van der Waals surface area contributed by atoms with Crippen LogP contribution in [0.5, 0.6) is 0 Å². The number of ether oxygens (including phenoxy) is 1. The fourth-order valence-electron chi connectivity index (χ4n) is 1.79. The molecule has 0 spiro atoms. The Hall–Kier alpha value is -2.52.